The van der Waals surface area contributed by atoms with E-state index in [1.165, 1.54) is 11.8 Å². The number of carbonyl (C=O) groups excluding carboxylic acids is 1. The van der Waals surface area contributed by atoms with Crippen molar-refractivity contribution in [3.8, 4) is 17.1 Å². The molecule has 1 N–H and O–H groups in total. The fraction of sp³-hybridized carbons (Fsp3) is 0.292. The molecule has 3 heterocycles. The molecule has 34 heavy (non-hydrogen) atoms. The van der Waals surface area contributed by atoms with Crippen LogP contribution in [0.4, 0.5) is 5.69 Å². The summed E-state index contributed by atoms with van der Waals surface area (Å²) in [4.78, 5) is 30.4. The monoisotopic (exact) mass is 475 g/mol. The average molecular weight is 476 g/mol. The van der Waals surface area contributed by atoms with Crippen molar-refractivity contribution in [1.29, 1.82) is 0 Å². The molecule has 1 aliphatic carbocycles. The van der Waals surface area contributed by atoms with Gasteiger partial charge in [-0.05, 0) is 51.0 Å². The quantitative estimate of drug-likeness (QED) is 0.410. The van der Waals surface area contributed by atoms with Gasteiger partial charge in [0.25, 0.3) is 5.56 Å². The fourth-order valence-corrected chi connectivity index (χ4v) is 4.78. The summed E-state index contributed by atoms with van der Waals surface area (Å²) in [6.45, 7) is 3.63. The van der Waals surface area contributed by atoms with Crippen molar-refractivity contribution in [2.75, 3.05) is 5.32 Å². The molecule has 0 bridgehead atoms. The topological polar surface area (TPSA) is 99.6 Å². The summed E-state index contributed by atoms with van der Waals surface area (Å²) >= 11 is 1.34. The third-order valence-corrected chi connectivity index (χ3v) is 7.01. The summed E-state index contributed by atoms with van der Waals surface area (Å²) in [5.41, 5.74) is 2.33. The summed E-state index contributed by atoms with van der Waals surface area (Å²) in [5, 5.41) is 11.8. The lowest BCUT2D eigenvalue weighted by atomic mass is 10.3. The maximum absolute atomic E-state index is 13.1. The Morgan fingerprint density at radius 2 is 1.91 bits per heavy atom. The van der Waals surface area contributed by atoms with E-state index in [0.29, 0.717) is 16.9 Å². The third kappa shape index (κ3) is 4.05. The minimum absolute atomic E-state index is 0.260. The second-order valence-electron chi connectivity index (χ2n) is 8.33. The van der Waals surface area contributed by atoms with Crippen LogP contribution >= 0.6 is 11.8 Å². The largest absolute Gasteiger partial charge is 0.319 e. The molecular formula is C24H25N7O2S. The van der Waals surface area contributed by atoms with Crippen molar-refractivity contribution in [3.63, 3.8) is 0 Å². The number of carbonyl (C=O) groups is 1. The first kappa shape index (κ1) is 22.1. The van der Waals surface area contributed by atoms with Crippen LogP contribution in [0.3, 0.4) is 0 Å². The van der Waals surface area contributed by atoms with Crippen molar-refractivity contribution in [3.05, 3.63) is 70.9 Å². The maximum Gasteiger partial charge on any atom is 0.295 e. The van der Waals surface area contributed by atoms with E-state index in [2.05, 4.69) is 25.1 Å². The molecule has 0 aliphatic heterocycles. The average Bonchev–Trinajstić information content (AvgIpc) is 3.58. The number of thioether (sulfide) groups is 1. The number of hydrogen-bond acceptors (Lipinski definition) is 6. The van der Waals surface area contributed by atoms with E-state index >= 15 is 0 Å². The predicted molar refractivity (Wildman–Crippen MR) is 131 cm³/mol. The Morgan fingerprint density at radius 3 is 2.59 bits per heavy atom. The Labute approximate surface area is 200 Å². The van der Waals surface area contributed by atoms with E-state index in [-0.39, 0.29) is 17.2 Å². The van der Waals surface area contributed by atoms with Crippen molar-refractivity contribution < 1.29 is 4.79 Å². The van der Waals surface area contributed by atoms with Crippen LogP contribution in [-0.2, 0) is 11.8 Å². The number of hydrogen-bond donors (Lipinski definition) is 1. The van der Waals surface area contributed by atoms with Gasteiger partial charge in [0.05, 0.1) is 16.6 Å². The minimum Gasteiger partial charge on any atom is -0.319 e. The van der Waals surface area contributed by atoms with Gasteiger partial charge in [-0.25, -0.2) is 4.68 Å². The normalized spacial score (nSPS) is 14.2. The summed E-state index contributed by atoms with van der Waals surface area (Å²) < 4.78 is 5.39. The van der Waals surface area contributed by atoms with E-state index in [1.807, 2.05) is 56.3 Å². The van der Waals surface area contributed by atoms with Gasteiger partial charge in [0.2, 0.25) is 5.91 Å². The molecule has 1 aromatic carbocycles. The number of benzene rings is 1. The number of aromatic nitrogens is 6. The molecule has 1 atom stereocenters. The highest BCUT2D eigenvalue weighted by atomic mass is 32.2. The zero-order chi connectivity index (χ0) is 23.8. The lowest BCUT2D eigenvalue weighted by molar-refractivity contribution is -0.115. The summed E-state index contributed by atoms with van der Waals surface area (Å²) in [5.74, 6) is 0.500. The van der Waals surface area contributed by atoms with Gasteiger partial charge in [-0.3, -0.25) is 23.8 Å². The Kier molecular flexibility index (Phi) is 5.82. The lowest BCUT2D eigenvalue weighted by Crippen LogP contribution is -2.27. The number of nitrogens with one attached hydrogen (secondary N) is 1. The maximum atomic E-state index is 13.1. The molecule has 1 fully saturated rings. The first-order chi connectivity index (χ1) is 16.5. The van der Waals surface area contributed by atoms with Gasteiger partial charge in [0, 0.05) is 31.0 Å². The molecule has 1 aliphatic rings. The van der Waals surface area contributed by atoms with E-state index in [9.17, 15) is 9.59 Å². The molecule has 1 amide bonds. The van der Waals surface area contributed by atoms with E-state index < -0.39 is 5.25 Å². The summed E-state index contributed by atoms with van der Waals surface area (Å²) in [6, 6.07) is 13.5. The van der Waals surface area contributed by atoms with Gasteiger partial charge in [-0.2, -0.15) is 0 Å². The van der Waals surface area contributed by atoms with Gasteiger partial charge < -0.3 is 5.32 Å². The Balaban J connectivity index is 1.38. The first-order valence-corrected chi connectivity index (χ1v) is 12.0. The molecule has 10 heteroatoms. The predicted octanol–water partition coefficient (Wildman–Crippen LogP) is 3.59. The lowest BCUT2D eigenvalue weighted by Gasteiger charge is -2.13. The Hall–Kier alpha value is -3.66. The standard InChI is InChI=1S/C24H25N7O2S/c1-15-20(23(33)31(29(15)3)19-9-5-4-6-10-19)26-22(32)16(2)34-24-28-27-21(30(24)18-11-12-18)17-8-7-13-25-14-17/h4-10,13-14,16,18H,11-12H2,1-3H3,(H,26,32). The molecule has 5 rings (SSSR count). The van der Waals surface area contributed by atoms with Crippen LogP contribution in [0.1, 0.15) is 31.5 Å². The highest BCUT2D eigenvalue weighted by molar-refractivity contribution is 8.00. The van der Waals surface area contributed by atoms with Crippen LogP contribution in [0.15, 0.2) is 64.8 Å². The number of nitrogens with zero attached hydrogens (tertiary/aromatic N) is 6. The number of rotatable bonds is 7. The molecule has 1 saturated carbocycles. The second kappa shape index (κ2) is 8.94. The summed E-state index contributed by atoms with van der Waals surface area (Å²) in [6.07, 6.45) is 5.60. The van der Waals surface area contributed by atoms with Gasteiger partial charge in [-0.1, -0.05) is 30.0 Å². The van der Waals surface area contributed by atoms with Gasteiger partial charge in [-0.15, -0.1) is 10.2 Å². The molecule has 4 aromatic rings. The number of anilines is 1. The minimum atomic E-state index is -0.479. The van der Waals surface area contributed by atoms with E-state index in [4.69, 9.17) is 0 Å². The first-order valence-electron chi connectivity index (χ1n) is 11.1. The molecule has 0 spiro atoms. The van der Waals surface area contributed by atoms with Crippen molar-refractivity contribution >= 4 is 23.4 Å². The van der Waals surface area contributed by atoms with Crippen molar-refractivity contribution in [1.82, 2.24) is 29.1 Å². The van der Waals surface area contributed by atoms with Gasteiger partial charge in [0.1, 0.15) is 5.69 Å². The number of para-hydroxylation sites is 1. The Morgan fingerprint density at radius 1 is 1.15 bits per heavy atom. The zero-order valence-corrected chi connectivity index (χ0v) is 20.0. The smallest absolute Gasteiger partial charge is 0.295 e. The highest BCUT2D eigenvalue weighted by Crippen LogP contribution is 2.41. The molecule has 0 radical (unpaired) electrons. The Bertz CT molecular complexity index is 1390. The molecular weight excluding hydrogens is 450 g/mol. The van der Waals surface area contributed by atoms with Crippen LogP contribution in [0.2, 0.25) is 0 Å². The molecule has 3 aromatic heterocycles. The SMILES string of the molecule is Cc1c(NC(=O)C(C)Sc2nnc(-c3cccnc3)n2C2CC2)c(=O)n(-c2ccccc2)n1C. The highest BCUT2D eigenvalue weighted by Gasteiger charge is 2.32. The zero-order valence-electron chi connectivity index (χ0n) is 19.2. The van der Waals surface area contributed by atoms with Crippen LogP contribution < -0.4 is 10.9 Å². The number of pyridine rings is 1. The van der Waals surface area contributed by atoms with Crippen LogP contribution in [0.5, 0.6) is 0 Å². The fourth-order valence-electron chi connectivity index (χ4n) is 3.86. The summed E-state index contributed by atoms with van der Waals surface area (Å²) in [7, 11) is 1.80. The molecule has 174 valence electrons. The van der Waals surface area contributed by atoms with Crippen LogP contribution in [0.25, 0.3) is 17.1 Å². The molecule has 1 unspecified atom stereocenters. The molecule has 0 saturated heterocycles. The van der Waals surface area contributed by atoms with Crippen molar-refractivity contribution in [2.45, 2.75) is 43.1 Å². The van der Waals surface area contributed by atoms with Crippen molar-refractivity contribution in [2.24, 2.45) is 7.05 Å². The molecule has 9 nitrogen and oxygen atoms in total. The van der Waals surface area contributed by atoms with Crippen LogP contribution in [-0.4, -0.2) is 40.3 Å². The van der Waals surface area contributed by atoms with E-state index in [1.54, 1.807) is 28.8 Å². The van der Waals surface area contributed by atoms with Crippen LogP contribution in [0, 0.1) is 6.92 Å². The second-order valence-corrected chi connectivity index (χ2v) is 9.64. The number of amides is 1. The van der Waals surface area contributed by atoms with E-state index in [0.717, 1.165) is 29.9 Å². The van der Waals surface area contributed by atoms with Gasteiger partial charge in [0.15, 0.2) is 11.0 Å². The van der Waals surface area contributed by atoms with Gasteiger partial charge >= 0.3 is 0 Å². The third-order valence-electron chi connectivity index (χ3n) is 5.95.